The van der Waals surface area contributed by atoms with Gasteiger partial charge in [0.05, 0.1) is 5.69 Å². The van der Waals surface area contributed by atoms with Crippen molar-refractivity contribution in [2.45, 2.75) is 72.1 Å². The maximum Gasteiger partial charge on any atom is 0.257 e. The monoisotopic (exact) mass is 688 g/mol. The smallest absolute Gasteiger partial charge is 0.257 e. The third-order valence-electron chi connectivity index (χ3n) is 10.3. The summed E-state index contributed by atoms with van der Waals surface area (Å²) in [5.41, 5.74) is 4.39. The number of aromatic nitrogens is 2. The summed E-state index contributed by atoms with van der Waals surface area (Å²) in [5, 5.41) is 3.00. The highest BCUT2D eigenvalue weighted by Crippen LogP contribution is 2.33. The predicted molar refractivity (Wildman–Crippen MR) is 198 cm³/mol. The number of nitrogens with zero attached hydrogens (tertiary/aromatic N) is 5. The summed E-state index contributed by atoms with van der Waals surface area (Å²) in [5.74, 6) is -1.22. The molecule has 3 aromatic rings. The highest BCUT2D eigenvalue weighted by molar-refractivity contribution is 5.94. The van der Waals surface area contributed by atoms with Crippen molar-refractivity contribution in [3.8, 4) is 5.69 Å². The van der Waals surface area contributed by atoms with Crippen molar-refractivity contribution in [2.75, 3.05) is 64.7 Å². The van der Waals surface area contributed by atoms with E-state index in [1.807, 2.05) is 19.1 Å². The molecule has 10 heteroatoms. The molecule has 0 radical (unpaired) electrons. The van der Waals surface area contributed by atoms with E-state index in [0.29, 0.717) is 51.5 Å². The molecule has 4 heterocycles. The van der Waals surface area contributed by atoms with E-state index in [1.54, 1.807) is 35.0 Å². The highest BCUT2D eigenvalue weighted by Gasteiger charge is 2.29. The quantitative estimate of drug-likeness (QED) is 0.206. The Labute approximate surface area is 296 Å². The number of halogens is 2. The second-order valence-electron chi connectivity index (χ2n) is 14.1. The van der Waals surface area contributed by atoms with E-state index in [1.165, 1.54) is 12.1 Å². The van der Waals surface area contributed by atoms with Gasteiger partial charge >= 0.3 is 0 Å². The number of pyridine rings is 2. The number of amides is 1. The minimum atomic E-state index is -0.620. The minimum absolute atomic E-state index is 0.101. The normalized spacial score (nSPS) is 16.7. The van der Waals surface area contributed by atoms with Crippen LogP contribution in [0.5, 0.6) is 0 Å². The predicted octanol–water partition coefficient (Wildman–Crippen LogP) is 7.12. The van der Waals surface area contributed by atoms with Crippen LogP contribution in [-0.2, 0) is 0 Å². The van der Waals surface area contributed by atoms with Crippen LogP contribution in [0.1, 0.15) is 92.4 Å². The van der Waals surface area contributed by atoms with Crippen LogP contribution in [0.15, 0.2) is 53.1 Å². The Kier molecular flexibility index (Phi) is 13.0. The van der Waals surface area contributed by atoms with Gasteiger partial charge in [-0.15, -0.1) is 0 Å². The van der Waals surface area contributed by atoms with Crippen molar-refractivity contribution < 1.29 is 13.6 Å². The van der Waals surface area contributed by atoms with Gasteiger partial charge in [-0.2, -0.15) is 0 Å². The molecule has 0 aliphatic carbocycles. The summed E-state index contributed by atoms with van der Waals surface area (Å²) in [4.78, 5) is 37.2. The van der Waals surface area contributed by atoms with E-state index in [2.05, 4.69) is 46.9 Å². The second-order valence-corrected chi connectivity index (χ2v) is 14.1. The number of aryl methyl sites for hydroxylation is 1. The standard InChI is InChI=1S/C40H54F2N6O2/c1-6-15-45(16-7-2)27-30-9-19-47(20-10-30)40(50)32-23-35(41)39(36(42)24-32)31-11-17-46(18-12-31)26-28(3)22-34-29(4)44-14-8-37(34)48-21-13-33(43-5)25-38(48)49/h8,13-14,21-25,30-31,43H,6-7,9-12,15-20,26-27H2,1-5H3/b28-22+. The van der Waals surface area contributed by atoms with Gasteiger partial charge in [0.25, 0.3) is 11.5 Å². The number of likely N-dealkylation sites (tertiary alicyclic amines) is 2. The van der Waals surface area contributed by atoms with Gasteiger partial charge < -0.3 is 15.1 Å². The fourth-order valence-corrected chi connectivity index (χ4v) is 7.70. The van der Waals surface area contributed by atoms with Crippen molar-refractivity contribution in [3.05, 3.63) is 92.7 Å². The lowest BCUT2D eigenvalue weighted by Gasteiger charge is -2.35. The van der Waals surface area contributed by atoms with E-state index in [4.69, 9.17) is 0 Å². The molecule has 8 nitrogen and oxygen atoms in total. The first-order valence-electron chi connectivity index (χ1n) is 18.4. The summed E-state index contributed by atoms with van der Waals surface area (Å²) in [6.45, 7) is 15.0. The number of hydrogen-bond acceptors (Lipinski definition) is 6. The van der Waals surface area contributed by atoms with Crippen LogP contribution in [0.4, 0.5) is 14.5 Å². The van der Waals surface area contributed by atoms with Gasteiger partial charge in [0.1, 0.15) is 11.6 Å². The number of carbonyl (C=O) groups is 1. The Morgan fingerprint density at radius 3 is 2.26 bits per heavy atom. The van der Waals surface area contributed by atoms with Gasteiger partial charge in [0.15, 0.2) is 0 Å². The van der Waals surface area contributed by atoms with Crippen LogP contribution in [0, 0.1) is 24.5 Å². The Morgan fingerprint density at radius 1 is 1.00 bits per heavy atom. The molecule has 270 valence electrons. The van der Waals surface area contributed by atoms with Gasteiger partial charge in [-0.1, -0.05) is 25.5 Å². The maximum atomic E-state index is 15.5. The zero-order valence-corrected chi connectivity index (χ0v) is 30.5. The van der Waals surface area contributed by atoms with Crippen LogP contribution in [0.25, 0.3) is 11.8 Å². The molecule has 5 rings (SSSR count). The van der Waals surface area contributed by atoms with E-state index >= 15 is 8.78 Å². The summed E-state index contributed by atoms with van der Waals surface area (Å²) in [6, 6.07) is 7.77. The van der Waals surface area contributed by atoms with Crippen molar-refractivity contribution in [2.24, 2.45) is 5.92 Å². The third-order valence-corrected chi connectivity index (χ3v) is 10.3. The van der Waals surface area contributed by atoms with Gasteiger partial charge in [0.2, 0.25) is 0 Å². The molecule has 50 heavy (non-hydrogen) atoms. The lowest BCUT2D eigenvalue weighted by atomic mass is 9.87. The van der Waals surface area contributed by atoms with Gasteiger partial charge in [-0.05, 0) is 115 Å². The van der Waals surface area contributed by atoms with Crippen LogP contribution in [0.2, 0.25) is 0 Å². The molecule has 2 aliphatic heterocycles. The molecular weight excluding hydrogens is 634 g/mol. The molecular formula is C40H54F2N6O2. The highest BCUT2D eigenvalue weighted by atomic mass is 19.1. The first kappa shape index (κ1) is 37.4. The first-order chi connectivity index (χ1) is 24.1. The van der Waals surface area contributed by atoms with Gasteiger partial charge in [0, 0.05) is 79.8 Å². The van der Waals surface area contributed by atoms with Crippen molar-refractivity contribution >= 4 is 17.7 Å². The Hall–Kier alpha value is -3.89. The first-order valence-corrected chi connectivity index (χ1v) is 18.4. The summed E-state index contributed by atoms with van der Waals surface area (Å²) in [7, 11) is 1.78. The minimum Gasteiger partial charge on any atom is -0.388 e. The zero-order valence-electron chi connectivity index (χ0n) is 30.5. The number of benzene rings is 1. The fraction of sp³-hybridized carbons (Fsp3) is 0.525. The van der Waals surface area contributed by atoms with E-state index in [0.717, 1.165) is 73.5 Å². The summed E-state index contributed by atoms with van der Waals surface area (Å²) < 4.78 is 32.7. The molecule has 0 spiro atoms. The molecule has 1 N–H and O–H groups in total. The molecule has 1 aromatic carbocycles. The number of anilines is 1. The fourth-order valence-electron chi connectivity index (χ4n) is 7.70. The summed E-state index contributed by atoms with van der Waals surface area (Å²) in [6.07, 6.45) is 10.9. The Balaban J connectivity index is 1.18. The average Bonchev–Trinajstić information content (AvgIpc) is 3.10. The summed E-state index contributed by atoms with van der Waals surface area (Å²) >= 11 is 0. The molecule has 0 saturated carbocycles. The lowest BCUT2D eigenvalue weighted by Crippen LogP contribution is -2.42. The Bertz CT molecular complexity index is 1680. The van der Waals surface area contributed by atoms with Crippen molar-refractivity contribution in [3.63, 3.8) is 0 Å². The molecule has 2 aliphatic rings. The molecule has 0 bridgehead atoms. The van der Waals surface area contributed by atoms with Crippen LogP contribution >= 0.6 is 0 Å². The lowest BCUT2D eigenvalue weighted by molar-refractivity contribution is 0.0665. The zero-order chi connectivity index (χ0) is 35.8. The van der Waals surface area contributed by atoms with E-state index in [9.17, 15) is 9.59 Å². The molecule has 0 atom stereocenters. The molecule has 0 unspecified atom stereocenters. The Morgan fingerprint density at radius 2 is 1.66 bits per heavy atom. The van der Waals surface area contributed by atoms with E-state index in [-0.39, 0.29) is 28.5 Å². The molecule has 2 fully saturated rings. The number of hydrogen-bond donors (Lipinski definition) is 1. The number of carbonyl (C=O) groups excluding carboxylic acids is 1. The molecule has 2 aromatic heterocycles. The van der Waals surface area contributed by atoms with Gasteiger partial charge in [-0.25, -0.2) is 8.78 Å². The number of rotatable bonds is 13. The van der Waals surface area contributed by atoms with Crippen LogP contribution in [0.3, 0.4) is 0 Å². The molecule has 1 amide bonds. The average molecular weight is 689 g/mol. The van der Waals surface area contributed by atoms with Gasteiger partial charge in [-0.3, -0.25) is 24.0 Å². The molecule has 2 saturated heterocycles. The number of nitrogens with one attached hydrogen (secondary N) is 1. The third kappa shape index (κ3) is 9.06. The SMILES string of the molecule is CCCN(CCC)CC1CCN(C(=O)c2cc(F)c(C3CCN(C/C(C)=C/c4c(-n5ccc(NC)cc5=O)ccnc4C)CC3)c(F)c2)CC1. The van der Waals surface area contributed by atoms with Crippen molar-refractivity contribution in [1.82, 2.24) is 24.3 Å². The van der Waals surface area contributed by atoms with Crippen molar-refractivity contribution in [1.29, 1.82) is 0 Å². The van der Waals surface area contributed by atoms with Crippen LogP contribution < -0.4 is 10.9 Å². The second kappa shape index (κ2) is 17.4. The largest absolute Gasteiger partial charge is 0.388 e. The number of piperidine rings is 2. The topological polar surface area (TPSA) is 73.7 Å². The maximum absolute atomic E-state index is 15.5. The van der Waals surface area contributed by atoms with E-state index < -0.39 is 11.6 Å². The van der Waals surface area contributed by atoms with Crippen LogP contribution in [-0.4, -0.2) is 89.6 Å².